The normalized spacial score (nSPS) is 12.3. The summed E-state index contributed by atoms with van der Waals surface area (Å²) in [6.07, 6.45) is 0. The molecule has 14 rings (SSSR count). The van der Waals surface area contributed by atoms with Crippen LogP contribution >= 0.6 is 0 Å². The number of para-hydroxylation sites is 1. The van der Waals surface area contributed by atoms with Crippen LogP contribution in [0.2, 0.25) is 0 Å². The second kappa shape index (κ2) is 12.2. The van der Waals surface area contributed by atoms with Crippen molar-refractivity contribution < 1.29 is 13.3 Å². The van der Waals surface area contributed by atoms with Crippen LogP contribution in [-0.4, -0.2) is 0 Å². The predicted molar refractivity (Wildman–Crippen MR) is 255 cm³/mol. The van der Waals surface area contributed by atoms with Crippen molar-refractivity contribution in [1.29, 1.82) is 0 Å². The van der Waals surface area contributed by atoms with Crippen LogP contribution in [0, 0.1) is 0 Å². The van der Waals surface area contributed by atoms with Crippen LogP contribution < -0.4 is 0 Å². The molecule has 0 amide bonds. The van der Waals surface area contributed by atoms with Gasteiger partial charge in [-0.25, -0.2) is 0 Å². The van der Waals surface area contributed by atoms with Crippen molar-refractivity contribution in [1.82, 2.24) is 0 Å². The third kappa shape index (κ3) is 4.69. The standard InChI is InChI=1S/C58H32O3/c1-5-15-41-33(11-1)21-25-51-53(41)55-43-17-7-3-13-36(43)31-46(57(55)60-51)39-27-38(35-23-24-50-48(30-35)45-19-9-10-20-49(45)59-50)28-40(29-39)47-32-37-14-4-8-18-44(37)56-54-42-16-6-2-12-34(42)22-26-52(54)61-58(47)56/h1-32H. The van der Waals surface area contributed by atoms with E-state index in [0.717, 1.165) is 110 Å². The quantitative estimate of drug-likeness (QED) is 0.179. The average Bonchev–Trinajstić information content (AvgIpc) is 4.03. The fourth-order valence-corrected chi connectivity index (χ4v) is 10.2. The maximum Gasteiger partial charge on any atom is 0.143 e. The maximum atomic E-state index is 7.02. The molecule has 282 valence electrons. The summed E-state index contributed by atoms with van der Waals surface area (Å²) in [5, 5.41) is 16.2. The Morgan fingerprint density at radius 3 is 1.21 bits per heavy atom. The first kappa shape index (κ1) is 32.8. The van der Waals surface area contributed by atoms with Crippen LogP contribution in [0.25, 0.3) is 142 Å². The van der Waals surface area contributed by atoms with Gasteiger partial charge in [-0.15, -0.1) is 0 Å². The molecule has 0 fully saturated rings. The van der Waals surface area contributed by atoms with Gasteiger partial charge in [0.25, 0.3) is 0 Å². The van der Waals surface area contributed by atoms with Gasteiger partial charge in [0.2, 0.25) is 0 Å². The number of furan rings is 3. The number of hydrogen-bond donors (Lipinski definition) is 0. The molecule has 0 saturated carbocycles. The first-order valence-corrected chi connectivity index (χ1v) is 20.8. The Kier molecular flexibility index (Phi) is 6.56. The van der Waals surface area contributed by atoms with Crippen LogP contribution in [-0.2, 0) is 0 Å². The molecule has 0 aliphatic rings. The molecule has 0 radical (unpaired) electrons. The smallest absolute Gasteiger partial charge is 0.143 e. The fraction of sp³-hybridized carbons (Fsp3) is 0. The van der Waals surface area contributed by atoms with E-state index in [0.29, 0.717) is 0 Å². The molecule has 3 heteroatoms. The van der Waals surface area contributed by atoms with Crippen molar-refractivity contribution in [2.75, 3.05) is 0 Å². The Labute approximate surface area is 348 Å². The van der Waals surface area contributed by atoms with E-state index in [1.165, 1.54) is 32.3 Å². The van der Waals surface area contributed by atoms with Gasteiger partial charge in [-0.3, -0.25) is 0 Å². The maximum absolute atomic E-state index is 7.02. The highest BCUT2D eigenvalue weighted by atomic mass is 16.3. The summed E-state index contributed by atoms with van der Waals surface area (Å²) in [7, 11) is 0. The first-order chi connectivity index (χ1) is 30.2. The number of benzene rings is 11. The Morgan fingerprint density at radius 2 is 0.656 bits per heavy atom. The molecule has 3 heterocycles. The SMILES string of the molecule is c1ccc2c(c1)ccc1oc3c(-c4cc(-c5ccc6oc7ccccc7c6c5)cc(-c5cc6ccccc6c6c5oc5ccc7ccccc7c56)c4)cc4ccccc4c3c12. The van der Waals surface area contributed by atoms with Gasteiger partial charge in [-0.05, 0) is 126 Å². The molecule has 0 spiro atoms. The van der Waals surface area contributed by atoms with E-state index in [2.05, 4.69) is 182 Å². The number of rotatable bonds is 3. The highest BCUT2D eigenvalue weighted by molar-refractivity contribution is 6.30. The topological polar surface area (TPSA) is 39.4 Å². The summed E-state index contributed by atoms with van der Waals surface area (Å²) < 4.78 is 20.3. The van der Waals surface area contributed by atoms with Gasteiger partial charge >= 0.3 is 0 Å². The molecule has 3 aromatic heterocycles. The van der Waals surface area contributed by atoms with Crippen LogP contribution in [0.3, 0.4) is 0 Å². The van der Waals surface area contributed by atoms with Gasteiger partial charge in [-0.1, -0.05) is 133 Å². The minimum atomic E-state index is 0.873. The molecule has 0 saturated heterocycles. The van der Waals surface area contributed by atoms with Crippen LogP contribution in [0.5, 0.6) is 0 Å². The molecule has 0 bridgehead atoms. The van der Waals surface area contributed by atoms with Crippen LogP contribution in [0.1, 0.15) is 0 Å². The molecule has 0 unspecified atom stereocenters. The second-order valence-electron chi connectivity index (χ2n) is 16.3. The molecule has 0 N–H and O–H groups in total. The van der Waals surface area contributed by atoms with Crippen LogP contribution in [0.15, 0.2) is 207 Å². The third-order valence-electron chi connectivity index (χ3n) is 13.0. The molecule has 0 aliphatic carbocycles. The fourth-order valence-electron chi connectivity index (χ4n) is 10.2. The van der Waals surface area contributed by atoms with E-state index in [4.69, 9.17) is 13.3 Å². The van der Waals surface area contributed by atoms with E-state index in [9.17, 15) is 0 Å². The highest BCUT2D eigenvalue weighted by Crippen LogP contribution is 2.48. The Hall–Kier alpha value is -8.14. The second-order valence-corrected chi connectivity index (χ2v) is 16.3. The van der Waals surface area contributed by atoms with E-state index in [-0.39, 0.29) is 0 Å². The molecular formula is C58H32O3. The average molecular weight is 777 g/mol. The summed E-state index contributed by atoms with van der Waals surface area (Å²) >= 11 is 0. The molecule has 11 aromatic carbocycles. The van der Waals surface area contributed by atoms with Crippen molar-refractivity contribution >= 4 is 109 Å². The van der Waals surface area contributed by atoms with Gasteiger partial charge in [-0.2, -0.15) is 0 Å². The Morgan fingerprint density at radius 1 is 0.230 bits per heavy atom. The summed E-state index contributed by atoms with van der Waals surface area (Å²) in [4.78, 5) is 0. The van der Waals surface area contributed by atoms with E-state index < -0.39 is 0 Å². The monoisotopic (exact) mass is 776 g/mol. The molecule has 0 aliphatic heterocycles. The zero-order chi connectivity index (χ0) is 39.8. The third-order valence-corrected chi connectivity index (χ3v) is 13.0. The zero-order valence-electron chi connectivity index (χ0n) is 32.7. The predicted octanol–water partition coefficient (Wildman–Crippen LogP) is 17.0. The summed E-state index contributed by atoms with van der Waals surface area (Å²) in [5.41, 5.74) is 11.7. The summed E-state index contributed by atoms with van der Waals surface area (Å²) in [6.45, 7) is 0. The van der Waals surface area contributed by atoms with Gasteiger partial charge < -0.3 is 13.3 Å². The van der Waals surface area contributed by atoms with E-state index in [1.54, 1.807) is 0 Å². The van der Waals surface area contributed by atoms with Gasteiger partial charge in [0.1, 0.15) is 33.5 Å². The number of fused-ring (bicyclic) bond motifs is 17. The minimum Gasteiger partial charge on any atom is -0.456 e. The Bertz CT molecular complexity index is 3960. The number of hydrogen-bond acceptors (Lipinski definition) is 3. The van der Waals surface area contributed by atoms with Gasteiger partial charge in [0, 0.05) is 43.4 Å². The van der Waals surface area contributed by atoms with Crippen molar-refractivity contribution in [3.63, 3.8) is 0 Å². The molecular weight excluding hydrogens is 745 g/mol. The lowest BCUT2D eigenvalue weighted by Crippen LogP contribution is -1.89. The first-order valence-electron chi connectivity index (χ1n) is 20.8. The summed E-state index contributed by atoms with van der Waals surface area (Å²) in [5.74, 6) is 0. The lowest BCUT2D eigenvalue weighted by molar-refractivity contribution is 0.669. The van der Waals surface area contributed by atoms with Crippen LogP contribution in [0.4, 0.5) is 0 Å². The van der Waals surface area contributed by atoms with Crippen molar-refractivity contribution in [3.8, 4) is 33.4 Å². The minimum absolute atomic E-state index is 0.873. The highest BCUT2D eigenvalue weighted by Gasteiger charge is 2.22. The molecule has 0 atom stereocenters. The largest absolute Gasteiger partial charge is 0.456 e. The lowest BCUT2D eigenvalue weighted by Gasteiger charge is -2.14. The van der Waals surface area contributed by atoms with Crippen molar-refractivity contribution in [2.24, 2.45) is 0 Å². The Balaban J connectivity index is 1.12. The summed E-state index contributed by atoms with van der Waals surface area (Å²) in [6, 6.07) is 69.6. The lowest BCUT2D eigenvalue weighted by atomic mass is 9.89. The van der Waals surface area contributed by atoms with E-state index >= 15 is 0 Å². The molecule has 14 aromatic rings. The van der Waals surface area contributed by atoms with Crippen molar-refractivity contribution in [3.05, 3.63) is 194 Å². The van der Waals surface area contributed by atoms with Gasteiger partial charge in [0.05, 0.1) is 0 Å². The van der Waals surface area contributed by atoms with Gasteiger partial charge in [0.15, 0.2) is 0 Å². The zero-order valence-corrected chi connectivity index (χ0v) is 32.7. The molecule has 3 nitrogen and oxygen atoms in total. The molecule has 61 heavy (non-hydrogen) atoms. The van der Waals surface area contributed by atoms with E-state index in [1.807, 2.05) is 12.1 Å². The van der Waals surface area contributed by atoms with Crippen molar-refractivity contribution in [2.45, 2.75) is 0 Å².